The third kappa shape index (κ3) is 6.57. The van der Waals surface area contributed by atoms with Crippen LogP contribution in [0.2, 0.25) is 0 Å². The average Bonchev–Trinajstić information content (AvgIpc) is 3.34. The number of amides is 2. The lowest BCUT2D eigenvalue weighted by atomic mass is 9.96. The number of nitrogens with zero attached hydrogens (tertiary/aromatic N) is 3. The lowest BCUT2D eigenvalue weighted by Gasteiger charge is -2.21. The summed E-state index contributed by atoms with van der Waals surface area (Å²) in [5, 5.41) is 14.5. The summed E-state index contributed by atoms with van der Waals surface area (Å²) in [6.45, 7) is -0.514. The second kappa shape index (κ2) is 10.4. The Morgan fingerprint density at radius 1 is 1.28 bits per heavy atom. The molecule has 0 radical (unpaired) electrons. The SMILES string of the molecule is Cn1cccc1C(=O)NC(=O)COC(=O)CSc1nnc(NC2CCCCC2)s1. The van der Waals surface area contributed by atoms with Crippen LogP contribution in [0.1, 0.15) is 42.6 Å². The van der Waals surface area contributed by atoms with Crippen LogP contribution < -0.4 is 10.6 Å². The van der Waals surface area contributed by atoms with E-state index < -0.39 is 24.4 Å². The molecule has 0 bridgehead atoms. The van der Waals surface area contributed by atoms with Crippen molar-refractivity contribution in [3.63, 3.8) is 0 Å². The predicted octanol–water partition coefficient (Wildman–Crippen LogP) is 2.21. The number of hydrogen-bond acceptors (Lipinski definition) is 9. The Kier molecular flexibility index (Phi) is 7.64. The van der Waals surface area contributed by atoms with E-state index in [0.29, 0.717) is 16.1 Å². The Balaban J connectivity index is 1.35. The molecule has 156 valence electrons. The highest BCUT2D eigenvalue weighted by atomic mass is 32.2. The molecule has 3 rings (SSSR count). The molecule has 2 aromatic rings. The number of esters is 1. The van der Waals surface area contributed by atoms with Crippen LogP contribution in [0.5, 0.6) is 0 Å². The van der Waals surface area contributed by atoms with E-state index in [9.17, 15) is 14.4 Å². The molecule has 1 saturated carbocycles. The van der Waals surface area contributed by atoms with E-state index in [2.05, 4.69) is 20.8 Å². The topological polar surface area (TPSA) is 115 Å². The van der Waals surface area contributed by atoms with Gasteiger partial charge in [0.05, 0.1) is 5.75 Å². The molecular weight excluding hydrogens is 414 g/mol. The number of carbonyl (C=O) groups excluding carboxylic acids is 3. The third-order valence-electron chi connectivity index (χ3n) is 4.45. The predicted molar refractivity (Wildman–Crippen MR) is 110 cm³/mol. The van der Waals surface area contributed by atoms with Gasteiger partial charge in [-0.1, -0.05) is 42.4 Å². The molecule has 2 amide bonds. The Bertz CT molecular complexity index is 860. The Hall–Kier alpha value is -2.40. The van der Waals surface area contributed by atoms with Gasteiger partial charge in [0.1, 0.15) is 5.69 Å². The minimum absolute atomic E-state index is 0.0110. The van der Waals surface area contributed by atoms with Gasteiger partial charge in [0.25, 0.3) is 11.8 Å². The summed E-state index contributed by atoms with van der Waals surface area (Å²) in [6.07, 6.45) is 7.73. The first kappa shape index (κ1) is 21.3. The van der Waals surface area contributed by atoms with E-state index in [0.717, 1.165) is 18.0 Å². The summed E-state index contributed by atoms with van der Waals surface area (Å²) in [7, 11) is 1.69. The molecule has 29 heavy (non-hydrogen) atoms. The number of aromatic nitrogens is 3. The molecule has 0 saturated heterocycles. The molecule has 0 aromatic carbocycles. The minimum atomic E-state index is -0.676. The van der Waals surface area contributed by atoms with Crippen molar-refractivity contribution in [1.29, 1.82) is 0 Å². The van der Waals surface area contributed by atoms with Crippen LogP contribution in [-0.4, -0.2) is 50.9 Å². The van der Waals surface area contributed by atoms with Gasteiger partial charge in [-0.15, -0.1) is 10.2 Å². The fourth-order valence-corrected chi connectivity index (χ4v) is 4.61. The normalized spacial score (nSPS) is 14.4. The fourth-order valence-electron chi connectivity index (χ4n) is 2.98. The Labute approximate surface area is 176 Å². The lowest BCUT2D eigenvalue weighted by molar-refractivity contribution is -0.145. The van der Waals surface area contributed by atoms with Gasteiger partial charge < -0.3 is 14.6 Å². The summed E-state index contributed by atoms with van der Waals surface area (Å²) in [5.74, 6) is -1.77. The summed E-state index contributed by atoms with van der Waals surface area (Å²) >= 11 is 2.60. The number of carbonyl (C=O) groups is 3. The molecule has 2 N–H and O–H groups in total. The standard InChI is InChI=1S/C18H23N5O4S2/c1-23-9-5-8-13(23)16(26)20-14(24)10-27-15(25)11-28-18-22-21-17(29-18)19-12-6-3-2-4-7-12/h5,8-9,12H,2-4,6-7,10-11H2,1H3,(H,19,21)(H,20,24,26). The Morgan fingerprint density at radius 2 is 2.07 bits per heavy atom. The molecule has 2 aromatic heterocycles. The third-order valence-corrected chi connectivity index (χ3v) is 6.41. The fraction of sp³-hybridized carbons (Fsp3) is 0.500. The number of imide groups is 1. The molecule has 0 spiro atoms. The van der Waals surface area contributed by atoms with Crippen molar-refractivity contribution in [2.45, 2.75) is 42.5 Å². The van der Waals surface area contributed by atoms with E-state index in [-0.39, 0.29) is 5.75 Å². The summed E-state index contributed by atoms with van der Waals surface area (Å²) in [4.78, 5) is 35.5. The summed E-state index contributed by atoms with van der Waals surface area (Å²) < 4.78 is 7.16. The first-order valence-electron chi connectivity index (χ1n) is 9.35. The van der Waals surface area contributed by atoms with E-state index in [1.54, 1.807) is 29.9 Å². The van der Waals surface area contributed by atoms with Crippen LogP contribution in [0, 0.1) is 0 Å². The molecular formula is C18H23N5O4S2. The maximum Gasteiger partial charge on any atom is 0.316 e. The van der Waals surface area contributed by atoms with Gasteiger partial charge in [0.2, 0.25) is 5.13 Å². The highest BCUT2D eigenvalue weighted by molar-refractivity contribution is 8.01. The minimum Gasteiger partial charge on any atom is -0.455 e. The first-order valence-corrected chi connectivity index (χ1v) is 11.2. The van der Waals surface area contributed by atoms with Crippen molar-refractivity contribution < 1.29 is 19.1 Å². The van der Waals surface area contributed by atoms with Crippen LogP contribution in [-0.2, 0) is 21.4 Å². The largest absolute Gasteiger partial charge is 0.455 e. The number of nitrogens with one attached hydrogen (secondary N) is 2. The van der Waals surface area contributed by atoms with Crippen molar-refractivity contribution in [3.8, 4) is 0 Å². The molecule has 9 nitrogen and oxygen atoms in total. The van der Waals surface area contributed by atoms with E-state index >= 15 is 0 Å². The maximum atomic E-state index is 11.9. The van der Waals surface area contributed by atoms with Crippen molar-refractivity contribution in [1.82, 2.24) is 20.1 Å². The second-order valence-corrected chi connectivity index (χ2v) is 8.88. The van der Waals surface area contributed by atoms with E-state index in [4.69, 9.17) is 4.74 Å². The highest BCUT2D eigenvalue weighted by Gasteiger charge is 2.17. The van der Waals surface area contributed by atoms with Gasteiger partial charge in [-0.05, 0) is 25.0 Å². The quantitative estimate of drug-likeness (QED) is 0.477. The molecule has 1 aliphatic carbocycles. The molecule has 11 heteroatoms. The number of ether oxygens (including phenoxy) is 1. The Morgan fingerprint density at radius 3 is 2.79 bits per heavy atom. The van der Waals surface area contributed by atoms with Gasteiger partial charge >= 0.3 is 5.97 Å². The van der Waals surface area contributed by atoms with Crippen LogP contribution in [0.25, 0.3) is 0 Å². The number of thioether (sulfide) groups is 1. The number of hydrogen-bond donors (Lipinski definition) is 2. The maximum absolute atomic E-state index is 11.9. The summed E-state index contributed by atoms with van der Waals surface area (Å²) in [6, 6.07) is 3.72. The van der Waals surface area contributed by atoms with Crippen LogP contribution in [0.3, 0.4) is 0 Å². The van der Waals surface area contributed by atoms with E-state index in [1.807, 2.05) is 0 Å². The molecule has 0 aliphatic heterocycles. The number of rotatable bonds is 8. The van der Waals surface area contributed by atoms with Crippen LogP contribution in [0.4, 0.5) is 5.13 Å². The molecule has 0 unspecified atom stereocenters. The van der Waals surface area contributed by atoms with Crippen molar-refractivity contribution in [2.24, 2.45) is 7.05 Å². The monoisotopic (exact) mass is 437 g/mol. The molecule has 1 fully saturated rings. The smallest absolute Gasteiger partial charge is 0.316 e. The zero-order valence-electron chi connectivity index (χ0n) is 16.1. The molecule has 2 heterocycles. The van der Waals surface area contributed by atoms with Gasteiger partial charge in [-0.2, -0.15) is 0 Å². The van der Waals surface area contributed by atoms with Gasteiger partial charge in [0, 0.05) is 19.3 Å². The number of aryl methyl sites for hydroxylation is 1. The summed E-state index contributed by atoms with van der Waals surface area (Å²) in [5.41, 5.74) is 0.342. The van der Waals surface area contributed by atoms with Crippen molar-refractivity contribution in [3.05, 3.63) is 24.0 Å². The van der Waals surface area contributed by atoms with Crippen LogP contribution in [0.15, 0.2) is 22.7 Å². The average molecular weight is 438 g/mol. The van der Waals surface area contributed by atoms with Gasteiger partial charge in [0.15, 0.2) is 10.9 Å². The second-order valence-electron chi connectivity index (χ2n) is 6.68. The van der Waals surface area contributed by atoms with Crippen LogP contribution >= 0.6 is 23.1 Å². The zero-order valence-corrected chi connectivity index (χ0v) is 17.7. The van der Waals surface area contributed by atoms with Gasteiger partial charge in [-0.3, -0.25) is 19.7 Å². The number of anilines is 1. The molecule has 0 atom stereocenters. The van der Waals surface area contributed by atoms with Gasteiger partial charge in [-0.25, -0.2) is 0 Å². The first-order chi connectivity index (χ1) is 14.0. The zero-order chi connectivity index (χ0) is 20.6. The highest BCUT2D eigenvalue weighted by Crippen LogP contribution is 2.28. The lowest BCUT2D eigenvalue weighted by Crippen LogP contribution is -2.35. The van der Waals surface area contributed by atoms with Crippen molar-refractivity contribution in [2.75, 3.05) is 17.7 Å². The molecule has 1 aliphatic rings. The van der Waals surface area contributed by atoms with Crippen molar-refractivity contribution >= 4 is 46.0 Å². The van der Waals surface area contributed by atoms with E-state index in [1.165, 1.54) is 42.4 Å².